The number of methoxy groups -OCH3 is 1. The number of hydrogen-bond donors (Lipinski definition) is 2. The number of rotatable bonds is 9. The summed E-state index contributed by atoms with van der Waals surface area (Å²) in [4.78, 5) is 42.8. The van der Waals surface area contributed by atoms with Crippen molar-refractivity contribution in [2.45, 2.75) is 20.5 Å². The standard InChI is InChI=1S/C30H28Cl2N4O5/c1-17-13-26(40-4)21-9-6-10-25(29(21)34-17)41-16-22-23(31)11-12-24(28(22)32)36(3)27(38)15-33-30(39)35-20-8-5-7-19(14-20)18(2)37/h5-14H,15-16H2,1-4H3,(H2,33,35,39). The number of nitrogens with one attached hydrogen (secondary N) is 2. The van der Waals surface area contributed by atoms with E-state index in [2.05, 4.69) is 15.6 Å². The lowest BCUT2D eigenvalue weighted by Crippen LogP contribution is -2.40. The first kappa shape index (κ1) is 29.6. The molecule has 0 atom stereocenters. The third-order valence-electron chi connectivity index (χ3n) is 6.31. The lowest BCUT2D eigenvalue weighted by atomic mass is 10.1. The number of aromatic nitrogens is 1. The summed E-state index contributed by atoms with van der Waals surface area (Å²) in [6.45, 7) is 3.02. The number of pyridine rings is 1. The smallest absolute Gasteiger partial charge is 0.319 e. The van der Waals surface area contributed by atoms with E-state index in [1.54, 1.807) is 56.6 Å². The van der Waals surface area contributed by atoms with Crippen LogP contribution in [0.2, 0.25) is 10.0 Å². The van der Waals surface area contributed by atoms with Crippen LogP contribution < -0.4 is 25.0 Å². The first-order valence-electron chi connectivity index (χ1n) is 12.6. The van der Waals surface area contributed by atoms with Gasteiger partial charge in [-0.1, -0.05) is 41.4 Å². The molecule has 212 valence electrons. The Balaban J connectivity index is 1.45. The second-order valence-corrected chi connectivity index (χ2v) is 9.95. The number of carbonyl (C=O) groups is 3. The molecule has 3 amide bonds. The maximum atomic E-state index is 12.9. The van der Waals surface area contributed by atoms with Crippen LogP contribution in [0.15, 0.2) is 60.7 Å². The Morgan fingerprint density at radius 1 is 1.00 bits per heavy atom. The van der Waals surface area contributed by atoms with E-state index in [4.69, 9.17) is 32.7 Å². The molecule has 1 heterocycles. The van der Waals surface area contributed by atoms with E-state index >= 15 is 0 Å². The Bertz CT molecular complexity index is 1640. The fourth-order valence-electron chi connectivity index (χ4n) is 4.12. The molecule has 41 heavy (non-hydrogen) atoms. The van der Waals surface area contributed by atoms with Crippen molar-refractivity contribution in [3.63, 3.8) is 0 Å². The Morgan fingerprint density at radius 2 is 1.76 bits per heavy atom. The number of benzene rings is 3. The molecule has 0 saturated heterocycles. The molecule has 11 heteroatoms. The van der Waals surface area contributed by atoms with Gasteiger partial charge in [-0.15, -0.1) is 0 Å². The van der Waals surface area contributed by atoms with Crippen molar-refractivity contribution in [3.05, 3.63) is 87.5 Å². The van der Waals surface area contributed by atoms with Gasteiger partial charge in [0.15, 0.2) is 5.78 Å². The van der Waals surface area contributed by atoms with Gasteiger partial charge in [-0.25, -0.2) is 9.78 Å². The number of halogens is 2. The first-order valence-corrected chi connectivity index (χ1v) is 13.3. The highest BCUT2D eigenvalue weighted by atomic mass is 35.5. The molecule has 9 nitrogen and oxygen atoms in total. The van der Waals surface area contributed by atoms with Gasteiger partial charge >= 0.3 is 6.03 Å². The molecule has 0 saturated carbocycles. The number of hydrogen-bond acceptors (Lipinski definition) is 6. The molecule has 4 rings (SSSR count). The minimum Gasteiger partial charge on any atom is -0.496 e. The number of ketones is 1. The number of nitrogens with zero attached hydrogens (tertiary/aromatic N) is 2. The van der Waals surface area contributed by atoms with Crippen LogP contribution in [0, 0.1) is 6.92 Å². The largest absolute Gasteiger partial charge is 0.496 e. The first-order chi connectivity index (χ1) is 19.6. The number of Topliss-reactive ketones (excluding diaryl/α,β-unsaturated/α-hetero) is 1. The highest BCUT2D eigenvalue weighted by molar-refractivity contribution is 6.38. The van der Waals surface area contributed by atoms with Gasteiger partial charge in [-0.3, -0.25) is 9.59 Å². The predicted octanol–water partition coefficient (Wildman–Crippen LogP) is 6.42. The zero-order valence-corrected chi connectivity index (χ0v) is 24.4. The third kappa shape index (κ3) is 6.87. The van der Waals surface area contributed by atoms with E-state index < -0.39 is 11.9 Å². The molecule has 0 spiro atoms. The quantitative estimate of drug-likeness (QED) is 0.216. The van der Waals surface area contributed by atoms with Crippen LogP contribution in [-0.2, 0) is 11.4 Å². The van der Waals surface area contributed by atoms with Gasteiger partial charge in [0.05, 0.1) is 24.4 Å². The maximum absolute atomic E-state index is 12.9. The molecule has 0 aliphatic carbocycles. The number of likely N-dealkylation sites (N-methyl/N-ethyl adjacent to an activating group) is 1. The predicted molar refractivity (Wildman–Crippen MR) is 161 cm³/mol. The molecule has 0 aliphatic heterocycles. The fraction of sp³-hybridized carbons (Fsp3) is 0.200. The number of carbonyl (C=O) groups excluding carboxylic acids is 3. The summed E-state index contributed by atoms with van der Waals surface area (Å²) >= 11 is 13.2. The van der Waals surface area contributed by atoms with Gasteiger partial charge in [-0.05, 0) is 50.2 Å². The molecule has 2 N–H and O–H groups in total. The minimum absolute atomic E-state index is 0.0184. The average molecular weight is 595 g/mol. The highest BCUT2D eigenvalue weighted by Crippen LogP contribution is 2.36. The van der Waals surface area contributed by atoms with Gasteiger partial charge in [0.25, 0.3) is 0 Å². The van der Waals surface area contributed by atoms with Crippen LogP contribution in [0.5, 0.6) is 11.5 Å². The number of para-hydroxylation sites is 1. The van der Waals surface area contributed by atoms with E-state index in [0.717, 1.165) is 11.1 Å². The second-order valence-electron chi connectivity index (χ2n) is 9.16. The molecule has 0 unspecified atom stereocenters. The van der Waals surface area contributed by atoms with Crippen LogP contribution in [0.25, 0.3) is 10.9 Å². The van der Waals surface area contributed by atoms with Gasteiger partial charge in [0.2, 0.25) is 5.91 Å². The minimum atomic E-state index is -0.598. The van der Waals surface area contributed by atoms with E-state index in [1.165, 1.54) is 11.8 Å². The van der Waals surface area contributed by atoms with Crippen molar-refractivity contribution in [2.24, 2.45) is 0 Å². The maximum Gasteiger partial charge on any atom is 0.319 e. The van der Waals surface area contributed by atoms with Crippen molar-refractivity contribution in [3.8, 4) is 11.5 Å². The molecule has 0 aliphatic rings. The number of anilines is 2. The number of urea groups is 1. The molecule has 0 fully saturated rings. The fourth-order valence-corrected chi connectivity index (χ4v) is 4.73. The zero-order chi connectivity index (χ0) is 29.7. The summed E-state index contributed by atoms with van der Waals surface area (Å²) in [5.74, 6) is 0.660. The summed E-state index contributed by atoms with van der Waals surface area (Å²) in [7, 11) is 3.14. The molecule has 1 aromatic heterocycles. The average Bonchev–Trinajstić information content (AvgIpc) is 2.95. The SMILES string of the molecule is COc1cc(C)nc2c(OCc3c(Cl)ccc(N(C)C(=O)CNC(=O)Nc4cccc(C(C)=O)c4)c3Cl)cccc12. The lowest BCUT2D eigenvalue weighted by molar-refractivity contribution is -0.117. The van der Waals surface area contributed by atoms with Crippen LogP contribution in [0.4, 0.5) is 16.2 Å². The van der Waals surface area contributed by atoms with Crippen molar-refractivity contribution in [1.29, 1.82) is 0 Å². The number of aryl methyl sites for hydroxylation is 1. The number of fused-ring (bicyclic) bond motifs is 1. The van der Waals surface area contributed by atoms with Gasteiger partial charge < -0.3 is 25.0 Å². The number of amides is 3. The molecular formula is C30H28Cl2N4O5. The molecule has 0 bridgehead atoms. The van der Waals surface area contributed by atoms with Crippen LogP contribution in [0.3, 0.4) is 0 Å². The monoisotopic (exact) mass is 594 g/mol. The lowest BCUT2D eigenvalue weighted by Gasteiger charge is -2.21. The van der Waals surface area contributed by atoms with Crippen molar-refractivity contribution in [2.75, 3.05) is 30.9 Å². The molecule has 3 aromatic carbocycles. The van der Waals surface area contributed by atoms with Crippen molar-refractivity contribution in [1.82, 2.24) is 10.3 Å². The Labute approximate surface area is 247 Å². The Hall–Kier alpha value is -4.34. The van der Waals surface area contributed by atoms with E-state index in [9.17, 15) is 14.4 Å². The van der Waals surface area contributed by atoms with Crippen LogP contribution in [0.1, 0.15) is 28.5 Å². The van der Waals surface area contributed by atoms with E-state index in [0.29, 0.717) is 44.5 Å². The van der Waals surface area contributed by atoms with Crippen molar-refractivity contribution >= 4 is 63.2 Å². The summed E-state index contributed by atoms with van der Waals surface area (Å²) in [6, 6.07) is 16.5. The summed E-state index contributed by atoms with van der Waals surface area (Å²) in [6.07, 6.45) is 0. The van der Waals surface area contributed by atoms with Gasteiger partial charge in [-0.2, -0.15) is 0 Å². The number of ether oxygens (including phenoxy) is 2. The summed E-state index contributed by atoms with van der Waals surface area (Å²) in [5, 5.41) is 6.53. The molecular weight excluding hydrogens is 567 g/mol. The topological polar surface area (TPSA) is 110 Å². The molecule has 4 aromatic rings. The summed E-state index contributed by atoms with van der Waals surface area (Å²) < 4.78 is 11.6. The van der Waals surface area contributed by atoms with E-state index in [-0.39, 0.29) is 24.0 Å². The zero-order valence-electron chi connectivity index (χ0n) is 22.9. The Kier molecular flexibility index (Phi) is 9.31. The van der Waals surface area contributed by atoms with Crippen LogP contribution in [-0.4, -0.2) is 43.4 Å². The molecule has 0 radical (unpaired) electrons. The highest BCUT2D eigenvalue weighted by Gasteiger charge is 2.20. The Morgan fingerprint density at radius 3 is 2.49 bits per heavy atom. The van der Waals surface area contributed by atoms with E-state index in [1.807, 2.05) is 25.1 Å². The third-order valence-corrected chi connectivity index (χ3v) is 7.09. The van der Waals surface area contributed by atoms with Crippen molar-refractivity contribution < 1.29 is 23.9 Å². The summed E-state index contributed by atoms with van der Waals surface area (Å²) in [5.41, 5.74) is 3.18. The second kappa shape index (κ2) is 12.9. The normalized spacial score (nSPS) is 10.7. The van der Waals surface area contributed by atoms with Gasteiger partial charge in [0, 0.05) is 46.0 Å². The van der Waals surface area contributed by atoms with Gasteiger partial charge in [0.1, 0.15) is 23.6 Å². The van der Waals surface area contributed by atoms with Crippen LogP contribution >= 0.6 is 23.2 Å².